The summed E-state index contributed by atoms with van der Waals surface area (Å²) in [5, 5.41) is 12.6. The van der Waals surface area contributed by atoms with Crippen LogP contribution in [0, 0.1) is 11.3 Å². The van der Waals surface area contributed by atoms with Crippen molar-refractivity contribution in [2.45, 2.75) is 19.8 Å². The van der Waals surface area contributed by atoms with Crippen LogP contribution in [0.2, 0.25) is 0 Å². The number of fused-ring (bicyclic) bond motifs is 1. The van der Waals surface area contributed by atoms with E-state index in [1.165, 1.54) is 11.6 Å². The van der Waals surface area contributed by atoms with Crippen LogP contribution >= 0.6 is 0 Å². The SMILES string of the molecule is CCOc1ccc([C@H]2C(C#N)=C(N)Nc3c2c(=O)n(C)c(=O)n3C)cc1OCC. The standard InChI is InChI=1S/C20H23N5O4/c1-5-28-13-8-7-11(9-14(13)29-6-2)15-12(10-21)17(22)23-18-16(15)19(26)25(4)20(27)24(18)3/h7-9,15,23H,5-6,22H2,1-4H3/t15-/m0/s1. The number of allylic oxidation sites excluding steroid dienone is 1. The first-order chi connectivity index (χ1) is 13.8. The zero-order valence-corrected chi connectivity index (χ0v) is 16.8. The normalized spacial score (nSPS) is 15.3. The molecule has 0 radical (unpaired) electrons. The number of hydrogen-bond acceptors (Lipinski definition) is 7. The van der Waals surface area contributed by atoms with Crippen molar-refractivity contribution in [1.29, 1.82) is 5.26 Å². The molecule has 1 aromatic carbocycles. The Kier molecular flexibility index (Phi) is 5.37. The summed E-state index contributed by atoms with van der Waals surface area (Å²) in [6, 6.07) is 7.34. The molecule has 0 unspecified atom stereocenters. The molecule has 0 bridgehead atoms. The maximum atomic E-state index is 13.0. The summed E-state index contributed by atoms with van der Waals surface area (Å²) < 4.78 is 13.6. The Bertz CT molecular complexity index is 1150. The summed E-state index contributed by atoms with van der Waals surface area (Å²) in [6.07, 6.45) is 0. The maximum Gasteiger partial charge on any atom is 0.332 e. The molecule has 1 aromatic heterocycles. The van der Waals surface area contributed by atoms with Crippen LogP contribution in [0.3, 0.4) is 0 Å². The molecule has 9 heteroatoms. The fourth-order valence-electron chi connectivity index (χ4n) is 3.48. The summed E-state index contributed by atoms with van der Waals surface area (Å²) in [4.78, 5) is 25.3. The molecular weight excluding hydrogens is 374 g/mol. The van der Waals surface area contributed by atoms with Gasteiger partial charge in [-0.2, -0.15) is 5.26 Å². The highest BCUT2D eigenvalue weighted by molar-refractivity contribution is 5.65. The number of ether oxygens (including phenoxy) is 2. The molecule has 2 aromatic rings. The lowest BCUT2D eigenvalue weighted by Crippen LogP contribution is -2.43. The van der Waals surface area contributed by atoms with E-state index in [0.717, 1.165) is 4.57 Å². The van der Waals surface area contributed by atoms with E-state index in [9.17, 15) is 14.9 Å². The molecule has 0 fully saturated rings. The third-order valence-electron chi connectivity index (χ3n) is 4.84. The van der Waals surface area contributed by atoms with Gasteiger partial charge < -0.3 is 20.5 Å². The van der Waals surface area contributed by atoms with Gasteiger partial charge in [0.15, 0.2) is 11.5 Å². The molecule has 0 saturated carbocycles. The molecular formula is C20H23N5O4. The number of nitriles is 1. The van der Waals surface area contributed by atoms with Gasteiger partial charge in [-0.3, -0.25) is 13.9 Å². The van der Waals surface area contributed by atoms with Crippen LogP contribution in [0.5, 0.6) is 11.5 Å². The molecule has 1 atom stereocenters. The van der Waals surface area contributed by atoms with E-state index in [-0.39, 0.29) is 22.8 Å². The van der Waals surface area contributed by atoms with Gasteiger partial charge >= 0.3 is 5.69 Å². The minimum atomic E-state index is -0.753. The Morgan fingerprint density at radius 2 is 1.79 bits per heavy atom. The van der Waals surface area contributed by atoms with Gasteiger partial charge in [0.25, 0.3) is 5.56 Å². The molecule has 0 amide bonds. The quantitative estimate of drug-likeness (QED) is 0.775. The van der Waals surface area contributed by atoms with Crippen LogP contribution in [0.1, 0.15) is 30.9 Å². The molecule has 3 N–H and O–H groups in total. The molecule has 0 saturated heterocycles. The van der Waals surface area contributed by atoms with Crippen molar-refractivity contribution in [3.63, 3.8) is 0 Å². The van der Waals surface area contributed by atoms with Crippen molar-refractivity contribution in [3.8, 4) is 17.6 Å². The van der Waals surface area contributed by atoms with E-state index in [4.69, 9.17) is 15.2 Å². The maximum absolute atomic E-state index is 13.0. The van der Waals surface area contributed by atoms with Gasteiger partial charge in [-0.1, -0.05) is 6.07 Å². The molecule has 2 heterocycles. The fourth-order valence-corrected chi connectivity index (χ4v) is 3.48. The highest BCUT2D eigenvalue weighted by Gasteiger charge is 2.34. The molecule has 1 aliphatic heterocycles. The highest BCUT2D eigenvalue weighted by Crippen LogP contribution is 2.41. The average Bonchev–Trinajstić information content (AvgIpc) is 2.71. The number of aromatic nitrogens is 2. The van der Waals surface area contributed by atoms with Gasteiger partial charge in [0.05, 0.1) is 36.3 Å². The highest BCUT2D eigenvalue weighted by atomic mass is 16.5. The minimum absolute atomic E-state index is 0.0973. The van der Waals surface area contributed by atoms with Crippen molar-refractivity contribution < 1.29 is 9.47 Å². The monoisotopic (exact) mass is 397 g/mol. The lowest BCUT2D eigenvalue weighted by atomic mass is 9.83. The molecule has 29 heavy (non-hydrogen) atoms. The number of nitrogens with one attached hydrogen (secondary N) is 1. The van der Waals surface area contributed by atoms with E-state index in [2.05, 4.69) is 11.4 Å². The minimum Gasteiger partial charge on any atom is -0.490 e. The van der Waals surface area contributed by atoms with Crippen LogP contribution in [-0.4, -0.2) is 22.3 Å². The molecule has 1 aliphatic rings. The second-order valence-corrected chi connectivity index (χ2v) is 6.54. The van der Waals surface area contributed by atoms with Crippen molar-refractivity contribution in [1.82, 2.24) is 9.13 Å². The molecule has 3 rings (SSSR count). The molecule has 0 aliphatic carbocycles. The largest absolute Gasteiger partial charge is 0.490 e. The van der Waals surface area contributed by atoms with Gasteiger partial charge in [0, 0.05) is 14.1 Å². The van der Waals surface area contributed by atoms with Crippen molar-refractivity contribution in [2.75, 3.05) is 18.5 Å². The van der Waals surface area contributed by atoms with Crippen molar-refractivity contribution >= 4 is 5.82 Å². The third kappa shape index (κ3) is 3.23. The topological polar surface area (TPSA) is 124 Å². The lowest BCUT2D eigenvalue weighted by molar-refractivity contribution is 0.287. The number of anilines is 1. The summed E-state index contributed by atoms with van der Waals surface area (Å²) >= 11 is 0. The third-order valence-corrected chi connectivity index (χ3v) is 4.84. The van der Waals surface area contributed by atoms with Crippen molar-refractivity contribution in [3.05, 3.63) is 61.6 Å². The Morgan fingerprint density at radius 3 is 2.41 bits per heavy atom. The number of nitrogens with two attached hydrogens (primary N) is 1. The van der Waals surface area contributed by atoms with E-state index in [1.807, 2.05) is 13.8 Å². The average molecular weight is 397 g/mol. The number of rotatable bonds is 5. The lowest BCUT2D eigenvalue weighted by Gasteiger charge is -2.29. The second-order valence-electron chi connectivity index (χ2n) is 6.54. The van der Waals surface area contributed by atoms with E-state index >= 15 is 0 Å². The van der Waals surface area contributed by atoms with Crippen LogP contribution in [-0.2, 0) is 14.1 Å². The smallest absolute Gasteiger partial charge is 0.332 e. The van der Waals surface area contributed by atoms with Gasteiger partial charge in [0.1, 0.15) is 11.6 Å². The first kappa shape index (κ1) is 20.1. The second kappa shape index (κ2) is 7.75. The van der Waals surface area contributed by atoms with Crippen molar-refractivity contribution in [2.24, 2.45) is 19.8 Å². The first-order valence-electron chi connectivity index (χ1n) is 9.21. The molecule has 9 nitrogen and oxygen atoms in total. The number of nitrogens with zero attached hydrogens (tertiary/aromatic N) is 3. The Hall–Kier alpha value is -3.67. The predicted octanol–water partition coefficient (Wildman–Crippen LogP) is 1.13. The Morgan fingerprint density at radius 1 is 1.14 bits per heavy atom. The first-order valence-corrected chi connectivity index (χ1v) is 9.21. The van der Waals surface area contributed by atoms with Crippen LogP contribution in [0.15, 0.2) is 39.2 Å². The van der Waals surface area contributed by atoms with E-state index in [1.54, 1.807) is 25.2 Å². The summed E-state index contributed by atoms with van der Waals surface area (Å²) in [6.45, 7) is 4.61. The summed E-state index contributed by atoms with van der Waals surface area (Å²) in [7, 11) is 2.94. The van der Waals surface area contributed by atoms with Crippen LogP contribution < -0.4 is 31.8 Å². The fraction of sp³-hybridized carbons (Fsp3) is 0.350. The molecule has 0 spiro atoms. The zero-order valence-electron chi connectivity index (χ0n) is 16.8. The summed E-state index contributed by atoms with van der Waals surface area (Å²) in [5.74, 6) is 0.684. The van der Waals surface area contributed by atoms with E-state index < -0.39 is 17.2 Å². The van der Waals surface area contributed by atoms with Gasteiger partial charge in [-0.15, -0.1) is 0 Å². The zero-order chi connectivity index (χ0) is 21.3. The van der Waals surface area contributed by atoms with Crippen LogP contribution in [0.25, 0.3) is 0 Å². The molecule has 152 valence electrons. The van der Waals surface area contributed by atoms with Gasteiger partial charge in [0.2, 0.25) is 0 Å². The Labute approximate surface area is 167 Å². The van der Waals surface area contributed by atoms with Crippen LogP contribution in [0.4, 0.5) is 5.82 Å². The van der Waals surface area contributed by atoms with Gasteiger partial charge in [-0.05, 0) is 31.5 Å². The Balaban J connectivity index is 2.32. The van der Waals surface area contributed by atoms with Gasteiger partial charge in [-0.25, -0.2) is 4.79 Å². The summed E-state index contributed by atoms with van der Waals surface area (Å²) in [5.41, 5.74) is 6.19. The predicted molar refractivity (Wildman–Crippen MR) is 108 cm³/mol. The van der Waals surface area contributed by atoms with E-state index in [0.29, 0.717) is 30.3 Å². The number of benzene rings is 1. The number of hydrogen-bond donors (Lipinski definition) is 2.